The monoisotopic (exact) mass is 492 g/mol. The van der Waals surface area contributed by atoms with Gasteiger partial charge in [0.05, 0.1) is 33.9 Å². The van der Waals surface area contributed by atoms with Gasteiger partial charge in [-0.25, -0.2) is 0 Å². The summed E-state index contributed by atoms with van der Waals surface area (Å²) < 4.78 is 28.9. The first-order valence-electron chi connectivity index (χ1n) is 13.3. The van der Waals surface area contributed by atoms with Crippen molar-refractivity contribution in [3.63, 3.8) is 0 Å². The average molecular weight is 493 g/mol. The topological polar surface area (TPSA) is 65.0 Å². The molecule has 0 fully saturated rings. The van der Waals surface area contributed by atoms with E-state index in [-0.39, 0.29) is 12.7 Å². The Kier molecular flexibility index (Phi) is 20.9. The maximum absolute atomic E-state index is 12.1. The van der Waals surface area contributed by atoms with Gasteiger partial charge in [-0.05, 0) is 12.5 Å². The summed E-state index contributed by atoms with van der Waals surface area (Å²) in [4.78, 5) is 9.91. The summed E-state index contributed by atoms with van der Waals surface area (Å²) in [5.74, 6) is 1.21. The van der Waals surface area contributed by atoms with E-state index in [1.54, 1.807) is 13.2 Å². The molecule has 0 spiro atoms. The molecule has 0 bridgehead atoms. The molecular weight excluding hydrogens is 437 g/mol. The number of quaternary nitrogens is 1. The number of likely N-dealkylation sites (N-methyl/N-ethyl adjacent to an activating group) is 1. The molecule has 0 saturated carbocycles. The van der Waals surface area contributed by atoms with Crippen LogP contribution < -0.4 is 0 Å². The molecule has 0 aromatic carbocycles. The normalized spacial score (nSPS) is 15.2. The van der Waals surface area contributed by atoms with Crippen LogP contribution in [0.5, 0.6) is 0 Å². The molecule has 1 N–H and O–H groups in total. The van der Waals surface area contributed by atoms with Crippen molar-refractivity contribution in [2.45, 2.75) is 103 Å². The number of rotatable bonds is 24. The summed E-state index contributed by atoms with van der Waals surface area (Å²) in [5, 5.41) is 0. The minimum Gasteiger partial charge on any atom is -0.378 e. The molecule has 1 unspecified atom stereocenters. The molecule has 0 heterocycles. The van der Waals surface area contributed by atoms with Crippen molar-refractivity contribution in [2.24, 2.45) is 0 Å². The van der Waals surface area contributed by atoms with Gasteiger partial charge in [0.1, 0.15) is 13.2 Å². The van der Waals surface area contributed by atoms with Gasteiger partial charge in [-0.2, -0.15) is 0 Å². The SMILES string of the molecule is CCCCCCCCCCCCCCCCOC[C@H](C=CP(=O)(O)OCC[N+](C)(C)C)OC. The summed E-state index contributed by atoms with van der Waals surface area (Å²) in [5.41, 5.74) is 0. The molecule has 0 aliphatic heterocycles. The summed E-state index contributed by atoms with van der Waals surface area (Å²) >= 11 is 0. The Labute approximate surface area is 205 Å². The van der Waals surface area contributed by atoms with Gasteiger partial charge in [0.25, 0.3) is 0 Å². The lowest BCUT2D eigenvalue weighted by molar-refractivity contribution is -0.870. The molecule has 33 heavy (non-hydrogen) atoms. The lowest BCUT2D eigenvalue weighted by atomic mass is 10.0. The summed E-state index contributed by atoms with van der Waals surface area (Å²) in [6.07, 6.45) is 20.0. The Balaban J connectivity index is 3.62. The minimum atomic E-state index is -3.75. The van der Waals surface area contributed by atoms with Crippen LogP contribution >= 0.6 is 7.60 Å². The Hall–Kier alpha value is -0.230. The number of methoxy groups -OCH3 is 1. The van der Waals surface area contributed by atoms with E-state index in [4.69, 9.17) is 14.0 Å². The molecule has 0 radical (unpaired) electrons. The van der Waals surface area contributed by atoms with Gasteiger partial charge in [-0.15, -0.1) is 0 Å². The first-order valence-corrected chi connectivity index (χ1v) is 14.9. The van der Waals surface area contributed by atoms with Gasteiger partial charge < -0.3 is 18.9 Å². The van der Waals surface area contributed by atoms with Gasteiger partial charge in [0.2, 0.25) is 0 Å². The van der Waals surface area contributed by atoms with Crippen molar-refractivity contribution in [3.05, 3.63) is 11.9 Å². The maximum Gasteiger partial charge on any atom is 0.351 e. The molecule has 0 aromatic heterocycles. The number of unbranched alkanes of at least 4 members (excludes halogenated alkanes) is 13. The van der Waals surface area contributed by atoms with Crippen molar-refractivity contribution >= 4 is 7.60 Å². The van der Waals surface area contributed by atoms with Crippen LogP contribution in [-0.2, 0) is 18.6 Å². The van der Waals surface area contributed by atoms with E-state index in [9.17, 15) is 9.46 Å². The second-order valence-corrected chi connectivity index (χ2v) is 11.9. The summed E-state index contributed by atoms with van der Waals surface area (Å²) in [6.45, 7) is 4.24. The molecule has 6 nitrogen and oxygen atoms in total. The quantitative estimate of drug-likeness (QED) is 0.0900. The zero-order valence-corrected chi connectivity index (χ0v) is 23.3. The zero-order valence-electron chi connectivity index (χ0n) is 22.4. The smallest absolute Gasteiger partial charge is 0.351 e. The third kappa shape index (κ3) is 24.7. The van der Waals surface area contributed by atoms with Crippen LogP contribution in [0.25, 0.3) is 0 Å². The third-order valence-electron chi connectivity index (χ3n) is 5.75. The number of hydrogen-bond donors (Lipinski definition) is 1. The fourth-order valence-corrected chi connectivity index (χ4v) is 4.33. The van der Waals surface area contributed by atoms with Crippen LogP contribution in [-0.4, -0.2) is 70.1 Å². The van der Waals surface area contributed by atoms with E-state index >= 15 is 0 Å². The van der Waals surface area contributed by atoms with Crippen molar-refractivity contribution in [3.8, 4) is 0 Å². The molecule has 0 aliphatic carbocycles. The summed E-state index contributed by atoms with van der Waals surface area (Å²) in [6, 6.07) is 0. The Morgan fingerprint density at radius 3 is 1.76 bits per heavy atom. The molecule has 0 amide bonds. The van der Waals surface area contributed by atoms with Crippen molar-refractivity contribution in [1.82, 2.24) is 0 Å². The second kappa shape index (κ2) is 21.1. The van der Waals surface area contributed by atoms with E-state index in [0.717, 1.165) is 6.42 Å². The van der Waals surface area contributed by atoms with Crippen LogP contribution in [0.3, 0.4) is 0 Å². The average Bonchev–Trinajstić information content (AvgIpc) is 2.74. The second-order valence-electron chi connectivity index (χ2n) is 10.2. The highest BCUT2D eigenvalue weighted by Crippen LogP contribution is 2.43. The zero-order chi connectivity index (χ0) is 24.8. The Morgan fingerprint density at radius 1 is 0.818 bits per heavy atom. The first-order chi connectivity index (χ1) is 15.7. The number of ether oxygens (including phenoxy) is 2. The van der Waals surface area contributed by atoms with Crippen LogP contribution in [0.15, 0.2) is 11.9 Å². The van der Waals surface area contributed by atoms with Gasteiger partial charge >= 0.3 is 7.60 Å². The summed E-state index contributed by atoms with van der Waals surface area (Å²) in [7, 11) is 3.86. The van der Waals surface area contributed by atoms with Gasteiger partial charge in [0, 0.05) is 19.5 Å². The predicted octanol–water partition coefficient (Wildman–Crippen LogP) is 6.92. The minimum absolute atomic E-state index is 0.231. The van der Waals surface area contributed by atoms with Crippen LogP contribution in [0.2, 0.25) is 0 Å². The van der Waals surface area contributed by atoms with Crippen LogP contribution in [0.4, 0.5) is 0 Å². The van der Waals surface area contributed by atoms with Gasteiger partial charge in [-0.3, -0.25) is 9.09 Å². The molecule has 2 atom stereocenters. The van der Waals surface area contributed by atoms with E-state index in [1.807, 2.05) is 21.1 Å². The number of nitrogens with zero attached hydrogens (tertiary/aromatic N) is 1. The highest BCUT2D eigenvalue weighted by Gasteiger charge is 2.18. The molecule has 0 saturated heterocycles. The van der Waals surface area contributed by atoms with Gasteiger partial charge in [0.15, 0.2) is 0 Å². The predicted molar refractivity (Wildman–Crippen MR) is 140 cm³/mol. The third-order valence-corrected chi connectivity index (χ3v) is 6.86. The molecular formula is C26H55NO5P+. The van der Waals surface area contributed by atoms with Crippen LogP contribution in [0, 0.1) is 0 Å². The molecule has 198 valence electrons. The first kappa shape index (κ1) is 32.8. The highest BCUT2D eigenvalue weighted by molar-refractivity contribution is 7.56. The Morgan fingerprint density at radius 2 is 1.30 bits per heavy atom. The van der Waals surface area contributed by atoms with E-state index < -0.39 is 7.60 Å². The van der Waals surface area contributed by atoms with Crippen molar-refractivity contribution in [2.75, 3.05) is 54.6 Å². The van der Waals surface area contributed by atoms with Gasteiger partial charge in [-0.1, -0.05) is 90.4 Å². The fourth-order valence-electron chi connectivity index (χ4n) is 3.49. The number of hydrogen-bond acceptors (Lipinski definition) is 4. The maximum atomic E-state index is 12.1. The fraction of sp³-hybridized carbons (Fsp3) is 0.923. The molecule has 0 aromatic rings. The standard InChI is InChI=1S/C26H54NO5P/c1-6-7-8-9-10-11-12-13-14-15-16-17-18-19-22-31-25-26(30-5)20-24-33(28,29)32-23-21-27(2,3)4/h20,24,26H,6-19,21-23,25H2,1-5H3/p+1/t26-/m0/s1. The van der Waals surface area contributed by atoms with Crippen molar-refractivity contribution < 1.29 is 27.9 Å². The lowest BCUT2D eigenvalue weighted by Gasteiger charge is -2.23. The highest BCUT2D eigenvalue weighted by atomic mass is 31.2. The molecule has 0 rings (SSSR count). The molecule has 0 aliphatic rings. The van der Waals surface area contributed by atoms with Crippen molar-refractivity contribution in [1.29, 1.82) is 0 Å². The van der Waals surface area contributed by atoms with E-state index in [1.165, 1.54) is 89.3 Å². The lowest BCUT2D eigenvalue weighted by Crippen LogP contribution is -2.37. The van der Waals surface area contributed by atoms with Crippen LogP contribution in [0.1, 0.15) is 96.8 Å². The molecule has 7 heteroatoms. The largest absolute Gasteiger partial charge is 0.378 e. The Bertz CT molecular complexity index is 507. The van der Waals surface area contributed by atoms with E-state index in [0.29, 0.717) is 24.2 Å². The van der Waals surface area contributed by atoms with E-state index in [2.05, 4.69) is 6.92 Å².